The predicted molar refractivity (Wildman–Crippen MR) is 67.0 cm³/mol. The van der Waals surface area contributed by atoms with Crippen LogP contribution in [0, 0.1) is 5.92 Å². The first-order valence-corrected chi connectivity index (χ1v) is 6.81. The Morgan fingerprint density at radius 3 is 2.53 bits per heavy atom. The second-order valence-electron chi connectivity index (χ2n) is 5.79. The number of hydrogen-bond acceptors (Lipinski definition) is 3. The Hall–Kier alpha value is -0.610. The molecule has 1 saturated carbocycles. The second kappa shape index (κ2) is 5.36. The van der Waals surface area contributed by atoms with Crippen molar-refractivity contribution in [2.75, 3.05) is 13.1 Å². The van der Waals surface area contributed by atoms with Crippen LogP contribution in [0.4, 0.5) is 0 Å². The molecule has 2 fully saturated rings. The van der Waals surface area contributed by atoms with Crippen LogP contribution in [0.25, 0.3) is 0 Å². The molecule has 2 rings (SSSR count). The zero-order chi connectivity index (χ0) is 12.3. The Morgan fingerprint density at radius 2 is 2.06 bits per heavy atom. The summed E-state index contributed by atoms with van der Waals surface area (Å²) in [7, 11) is 0. The Balaban J connectivity index is 1.86. The molecular formula is C13H24N2O2. The molecule has 0 spiro atoms. The van der Waals surface area contributed by atoms with Crippen molar-refractivity contribution in [2.45, 2.75) is 57.0 Å². The summed E-state index contributed by atoms with van der Waals surface area (Å²) >= 11 is 0. The van der Waals surface area contributed by atoms with Gasteiger partial charge in [-0.2, -0.15) is 0 Å². The summed E-state index contributed by atoms with van der Waals surface area (Å²) in [6, 6.07) is 0.441. The number of rotatable bonds is 5. The van der Waals surface area contributed by atoms with Crippen LogP contribution in [0.5, 0.6) is 0 Å². The largest absolute Gasteiger partial charge is 0.481 e. The summed E-state index contributed by atoms with van der Waals surface area (Å²) in [4.78, 5) is 10.9. The summed E-state index contributed by atoms with van der Waals surface area (Å²) in [5.41, 5.74) is -0.192. The standard InChI is InChI=1S/C13H24N2O2/c1-10(11-5-3-2-4-6-11)15-13(7-12(16)17)8-14-9-13/h10-11,14-15H,2-9H2,1H3,(H,16,17)/t10-/m0/s1. The number of nitrogens with one attached hydrogen (secondary N) is 2. The van der Waals surface area contributed by atoms with Gasteiger partial charge in [0.1, 0.15) is 0 Å². The van der Waals surface area contributed by atoms with Crippen molar-refractivity contribution in [3.8, 4) is 0 Å². The predicted octanol–water partition coefficient (Wildman–Crippen LogP) is 1.36. The molecule has 0 aromatic rings. The molecule has 1 aliphatic heterocycles. The van der Waals surface area contributed by atoms with Gasteiger partial charge in [0.25, 0.3) is 0 Å². The van der Waals surface area contributed by atoms with E-state index in [0.717, 1.165) is 19.0 Å². The lowest BCUT2D eigenvalue weighted by Crippen LogP contribution is -2.70. The van der Waals surface area contributed by atoms with E-state index in [0.29, 0.717) is 6.04 Å². The van der Waals surface area contributed by atoms with Gasteiger partial charge in [-0.25, -0.2) is 0 Å². The van der Waals surface area contributed by atoms with Crippen LogP contribution in [0.1, 0.15) is 45.4 Å². The van der Waals surface area contributed by atoms with Crippen molar-refractivity contribution >= 4 is 5.97 Å². The molecule has 17 heavy (non-hydrogen) atoms. The Kier molecular flexibility index (Phi) is 4.05. The lowest BCUT2D eigenvalue weighted by atomic mass is 9.81. The number of hydrogen-bond donors (Lipinski definition) is 3. The molecule has 4 heteroatoms. The molecule has 1 heterocycles. The minimum atomic E-state index is -0.699. The van der Waals surface area contributed by atoms with Crippen molar-refractivity contribution in [2.24, 2.45) is 5.92 Å². The summed E-state index contributed by atoms with van der Waals surface area (Å²) < 4.78 is 0. The van der Waals surface area contributed by atoms with Crippen LogP contribution < -0.4 is 10.6 Å². The Bertz CT molecular complexity index is 271. The van der Waals surface area contributed by atoms with E-state index in [1.165, 1.54) is 32.1 Å². The van der Waals surface area contributed by atoms with Gasteiger partial charge in [0, 0.05) is 19.1 Å². The van der Waals surface area contributed by atoms with Crippen molar-refractivity contribution in [3.05, 3.63) is 0 Å². The lowest BCUT2D eigenvalue weighted by molar-refractivity contribution is -0.139. The van der Waals surface area contributed by atoms with Gasteiger partial charge >= 0.3 is 5.97 Å². The SMILES string of the molecule is C[C@H](NC1(CC(=O)O)CNC1)C1CCCCC1. The van der Waals surface area contributed by atoms with E-state index in [1.807, 2.05) is 0 Å². The molecule has 0 unspecified atom stereocenters. The third kappa shape index (κ3) is 3.19. The molecule has 1 aliphatic carbocycles. The lowest BCUT2D eigenvalue weighted by Gasteiger charge is -2.46. The molecule has 98 valence electrons. The molecule has 0 aromatic heterocycles. The number of carbonyl (C=O) groups is 1. The van der Waals surface area contributed by atoms with Crippen LogP contribution in [0.2, 0.25) is 0 Å². The number of carboxylic acids is 1. The zero-order valence-corrected chi connectivity index (χ0v) is 10.7. The van der Waals surface area contributed by atoms with Crippen LogP contribution >= 0.6 is 0 Å². The van der Waals surface area contributed by atoms with Crippen molar-refractivity contribution in [1.29, 1.82) is 0 Å². The molecule has 0 radical (unpaired) electrons. The van der Waals surface area contributed by atoms with E-state index in [1.54, 1.807) is 0 Å². The number of aliphatic carboxylic acids is 1. The van der Waals surface area contributed by atoms with Gasteiger partial charge < -0.3 is 15.7 Å². The molecule has 1 saturated heterocycles. The smallest absolute Gasteiger partial charge is 0.305 e. The summed E-state index contributed by atoms with van der Waals surface area (Å²) in [5, 5.41) is 15.7. The highest BCUT2D eigenvalue weighted by Crippen LogP contribution is 2.28. The third-order valence-electron chi connectivity index (χ3n) is 4.31. The molecule has 1 atom stereocenters. The summed E-state index contributed by atoms with van der Waals surface area (Å²) in [5.74, 6) is 0.0323. The van der Waals surface area contributed by atoms with Crippen LogP contribution in [-0.2, 0) is 4.79 Å². The molecule has 0 amide bonds. The molecule has 0 bridgehead atoms. The monoisotopic (exact) mass is 240 g/mol. The maximum Gasteiger partial charge on any atom is 0.305 e. The maximum atomic E-state index is 10.9. The van der Waals surface area contributed by atoms with Gasteiger partial charge in [-0.05, 0) is 25.7 Å². The van der Waals surface area contributed by atoms with Gasteiger partial charge in [0.2, 0.25) is 0 Å². The summed E-state index contributed by atoms with van der Waals surface area (Å²) in [6.07, 6.45) is 6.86. The highest BCUT2D eigenvalue weighted by molar-refractivity contribution is 5.68. The Morgan fingerprint density at radius 1 is 1.41 bits per heavy atom. The fourth-order valence-corrected chi connectivity index (χ4v) is 3.23. The van der Waals surface area contributed by atoms with Crippen LogP contribution in [-0.4, -0.2) is 35.7 Å². The van der Waals surface area contributed by atoms with Gasteiger partial charge in [-0.15, -0.1) is 0 Å². The fourth-order valence-electron chi connectivity index (χ4n) is 3.23. The first kappa shape index (κ1) is 12.8. The quantitative estimate of drug-likeness (QED) is 0.679. The van der Waals surface area contributed by atoms with E-state index in [9.17, 15) is 4.79 Å². The fraction of sp³-hybridized carbons (Fsp3) is 0.923. The van der Waals surface area contributed by atoms with Gasteiger partial charge in [0.05, 0.1) is 12.0 Å². The van der Waals surface area contributed by atoms with E-state index in [4.69, 9.17) is 5.11 Å². The van der Waals surface area contributed by atoms with Crippen LogP contribution in [0.15, 0.2) is 0 Å². The summed E-state index contributed by atoms with van der Waals surface area (Å²) in [6.45, 7) is 3.80. The second-order valence-corrected chi connectivity index (χ2v) is 5.79. The molecule has 2 aliphatic rings. The highest BCUT2D eigenvalue weighted by atomic mass is 16.4. The number of carboxylic acid groups (broad SMARTS) is 1. The highest BCUT2D eigenvalue weighted by Gasteiger charge is 2.40. The van der Waals surface area contributed by atoms with Gasteiger partial charge in [-0.3, -0.25) is 4.79 Å². The third-order valence-corrected chi connectivity index (χ3v) is 4.31. The first-order valence-electron chi connectivity index (χ1n) is 6.81. The van der Waals surface area contributed by atoms with Crippen molar-refractivity contribution in [1.82, 2.24) is 10.6 Å². The van der Waals surface area contributed by atoms with E-state index < -0.39 is 5.97 Å². The topological polar surface area (TPSA) is 61.4 Å². The average Bonchev–Trinajstić information content (AvgIpc) is 2.26. The van der Waals surface area contributed by atoms with Crippen molar-refractivity contribution < 1.29 is 9.90 Å². The Labute approximate surface area is 103 Å². The molecule has 4 nitrogen and oxygen atoms in total. The van der Waals surface area contributed by atoms with E-state index in [-0.39, 0.29) is 12.0 Å². The van der Waals surface area contributed by atoms with E-state index in [2.05, 4.69) is 17.6 Å². The molecular weight excluding hydrogens is 216 g/mol. The van der Waals surface area contributed by atoms with Crippen LogP contribution in [0.3, 0.4) is 0 Å². The first-order chi connectivity index (χ1) is 8.11. The average molecular weight is 240 g/mol. The minimum absolute atomic E-state index is 0.192. The minimum Gasteiger partial charge on any atom is -0.481 e. The molecule has 0 aromatic carbocycles. The zero-order valence-electron chi connectivity index (χ0n) is 10.7. The van der Waals surface area contributed by atoms with Gasteiger partial charge in [-0.1, -0.05) is 19.3 Å². The molecule has 3 N–H and O–H groups in total. The van der Waals surface area contributed by atoms with Gasteiger partial charge in [0.15, 0.2) is 0 Å². The maximum absolute atomic E-state index is 10.9. The van der Waals surface area contributed by atoms with E-state index >= 15 is 0 Å². The van der Waals surface area contributed by atoms with Crippen molar-refractivity contribution in [3.63, 3.8) is 0 Å². The normalized spacial score (nSPS) is 26.2.